The van der Waals surface area contributed by atoms with Gasteiger partial charge in [0, 0.05) is 6.42 Å². The minimum absolute atomic E-state index is 0.00708. The highest BCUT2D eigenvalue weighted by Gasteiger charge is 2.38. The van der Waals surface area contributed by atoms with Crippen LogP contribution in [-0.4, -0.2) is 11.9 Å². The molecule has 1 aromatic rings. The molecule has 1 aromatic carbocycles. The molecule has 3 heteroatoms. The van der Waals surface area contributed by atoms with Crippen LogP contribution in [0.1, 0.15) is 29.6 Å². The fraction of sp³-hybridized carbons (Fsp3) is 0.417. The molecule has 15 heavy (non-hydrogen) atoms. The maximum Gasteiger partial charge on any atom is 0.170 e. The number of hydrogen-bond donors (Lipinski definition) is 0. The van der Waals surface area contributed by atoms with E-state index in [9.17, 15) is 9.18 Å². The number of fused-ring (bicyclic) bond motifs is 1. The van der Waals surface area contributed by atoms with Crippen LogP contribution >= 0.6 is 0 Å². The van der Waals surface area contributed by atoms with Gasteiger partial charge < -0.3 is 4.74 Å². The highest BCUT2D eigenvalue weighted by Crippen LogP contribution is 2.40. The molecule has 0 radical (unpaired) electrons. The van der Waals surface area contributed by atoms with E-state index < -0.39 is 0 Å². The summed E-state index contributed by atoms with van der Waals surface area (Å²) in [5.74, 6) is 0.708. The first-order valence-corrected chi connectivity index (χ1v) is 5.23. The first kappa shape index (κ1) is 8.89. The number of halogens is 1. The third-order valence-corrected chi connectivity index (χ3v) is 3.05. The lowest BCUT2D eigenvalue weighted by molar-refractivity contribution is 0.0818. The van der Waals surface area contributed by atoms with Crippen molar-refractivity contribution in [1.82, 2.24) is 0 Å². The van der Waals surface area contributed by atoms with E-state index >= 15 is 0 Å². The molecule has 1 aliphatic heterocycles. The van der Waals surface area contributed by atoms with Gasteiger partial charge in [0.1, 0.15) is 17.7 Å². The Morgan fingerprint density at radius 3 is 2.87 bits per heavy atom. The van der Waals surface area contributed by atoms with Crippen molar-refractivity contribution in [1.29, 1.82) is 0 Å². The largest absolute Gasteiger partial charge is 0.489 e. The van der Waals surface area contributed by atoms with Crippen molar-refractivity contribution >= 4 is 5.78 Å². The fourth-order valence-electron chi connectivity index (χ4n) is 2.05. The van der Waals surface area contributed by atoms with Gasteiger partial charge in [-0.3, -0.25) is 4.79 Å². The summed E-state index contributed by atoms with van der Waals surface area (Å²) in [5.41, 5.74) is 0.395. The average Bonchev–Trinajstić information content (AvgIpc) is 3.02. The topological polar surface area (TPSA) is 26.3 Å². The monoisotopic (exact) mass is 206 g/mol. The van der Waals surface area contributed by atoms with Crippen LogP contribution in [0.2, 0.25) is 0 Å². The number of ketones is 1. The summed E-state index contributed by atoms with van der Waals surface area (Å²) in [7, 11) is 0. The van der Waals surface area contributed by atoms with Gasteiger partial charge in [-0.15, -0.1) is 0 Å². The molecular weight excluding hydrogens is 195 g/mol. The van der Waals surface area contributed by atoms with Gasteiger partial charge in [0.25, 0.3) is 0 Å². The predicted molar refractivity (Wildman–Crippen MR) is 52.5 cm³/mol. The van der Waals surface area contributed by atoms with Gasteiger partial charge in [-0.25, -0.2) is 4.39 Å². The second-order valence-electron chi connectivity index (χ2n) is 4.26. The fourth-order valence-corrected chi connectivity index (χ4v) is 2.05. The van der Waals surface area contributed by atoms with Crippen molar-refractivity contribution in [3.63, 3.8) is 0 Å². The van der Waals surface area contributed by atoms with Crippen LogP contribution in [0.25, 0.3) is 0 Å². The number of rotatable bonds is 1. The molecule has 1 unspecified atom stereocenters. The SMILES string of the molecule is O=C1CC(C2CC2)Oc2ccc(F)cc21. The zero-order valence-corrected chi connectivity index (χ0v) is 8.20. The van der Waals surface area contributed by atoms with Crippen molar-refractivity contribution in [3.05, 3.63) is 29.6 Å². The Morgan fingerprint density at radius 1 is 1.33 bits per heavy atom. The number of ether oxygens (including phenoxy) is 1. The quantitative estimate of drug-likeness (QED) is 0.705. The van der Waals surface area contributed by atoms with Crippen molar-refractivity contribution in [2.24, 2.45) is 5.92 Å². The van der Waals surface area contributed by atoms with E-state index in [1.807, 2.05) is 0 Å². The summed E-state index contributed by atoms with van der Waals surface area (Å²) >= 11 is 0. The highest BCUT2D eigenvalue weighted by molar-refractivity contribution is 5.99. The van der Waals surface area contributed by atoms with Crippen LogP contribution in [0, 0.1) is 11.7 Å². The molecule has 2 aliphatic rings. The molecule has 1 saturated carbocycles. The Morgan fingerprint density at radius 2 is 2.13 bits per heavy atom. The third kappa shape index (κ3) is 1.52. The van der Waals surface area contributed by atoms with Gasteiger partial charge in [-0.05, 0) is 37.0 Å². The summed E-state index contributed by atoms with van der Waals surface area (Å²) in [6.07, 6.45) is 2.72. The summed E-state index contributed by atoms with van der Waals surface area (Å²) in [4.78, 5) is 11.7. The van der Waals surface area contributed by atoms with Gasteiger partial charge in [0.2, 0.25) is 0 Å². The van der Waals surface area contributed by atoms with Gasteiger partial charge >= 0.3 is 0 Å². The molecule has 0 aromatic heterocycles. The van der Waals surface area contributed by atoms with E-state index in [4.69, 9.17) is 4.74 Å². The molecule has 1 aliphatic carbocycles. The molecule has 3 rings (SSSR count). The molecule has 1 atom stereocenters. The minimum atomic E-state index is -0.379. The van der Waals surface area contributed by atoms with Gasteiger partial charge in [-0.2, -0.15) is 0 Å². The Kier molecular flexibility index (Phi) is 1.81. The summed E-state index contributed by atoms with van der Waals surface area (Å²) in [6.45, 7) is 0. The Bertz CT molecular complexity index is 424. The number of hydrogen-bond acceptors (Lipinski definition) is 2. The molecular formula is C12H11FO2. The van der Waals surface area contributed by atoms with Crippen molar-refractivity contribution in [2.75, 3.05) is 0 Å². The number of benzene rings is 1. The molecule has 1 heterocycles. The van der Waals surface area contributed by atoms with Gasteiger partial charge in [-0.1, -0.05) is 0 Å². The Labute approximate surface area is 87.0 Å². The maximum atomic E-state index is 12.9. The van der Waals surface area contributed by atoms with E-state index in [1.165, 1.54) is 12.1 Å². The molecule has 0 amide bonds. The molecule has 0 N–H and O–H groups in total. The van der Waals surface area contributed by atoms with Crippen molar-refractivity contribution in [3.8, 4) is 5.75 Å². The average molecular weight is 206 g/mol. The van der Waals surface area contributed by atoms with Crippen LogP contribution in [-0.2, 0) is 0 Å². The van der Waals surface area contributed by atoms with E-state index in [2.05, 4.69) is 0 Å². The van der Waals surface area contributed by atoms with Crippen molar-refractivity contribution in [2.45, 2.75) is 25.4 Å². The Balaban J connectivity index is 1.96. The number of carbonyl (C=O) groups is 1. The minimum Gasteiger partial charge on any atom is -0.489 e. The molecule has 0 saturated heterocycles. The molecule has 0 spiro atoms. The van der Waals surface area contributed by atoms with E-state index in [1.54, 1.807) is 6.07 Å². The van der Waals surface area contributed by atoms with Crippen LogP contribution in [0.5, 0.6) is 5.75 Å². The lowest BCUT2D eigenvalue weighted by atomic mass is 9.98. The summed E-state index contributed by atoms with van der Waals surface area (Å²) in [6, 6.07) is 4.15. The standard InChI is InChI=1S/C12H11FO2/c13-8-3-4-11-9(5-8)10(14)6-12(15-11)7-1-2-7/h3-5,7,12H,1-2,6H2. The first-order chi connectivity index (χ1) is 7.24. The van der Waals surface area contributed by atoms with Crippen LogP contribution < -0.4 is 4.74 Å². The van der Waals surface area contributed by atoms with Crippen molar-refractivity contribution < 1.29 is 13.9 Å². The van der Waals surface area contributed by atoms with E-state index in [0.29, 0.717) is 23.7 Å². The normalized spacial score (nSPS) is 24.6. The molecule has 2 nitrogen and oxygen atoms in total. The smallest absolute Gasteiger partial charge is 0.170 e. The number of Topliss-reactive ketones (excluding diaryl/α,β-unsaturated/α-hetero) is 1. The van der Waals surface area contributed by atoms with E-state index in [-0.39, 0.29) is 17.7 Å². The lowest BCUT2D eigenvalue weighted by Crippen LogP contribution is -2.28. The van der Waals surface area contributed by atoms with Gasteiger partial charge in [0.05, 0.1) is 5.56 Å². The first-order valence-electron chi connectivity index (χ1n) is 5.23. The second kappa shape index (κ2) is 3.05. The van der Waals surface area contributed by atoms with E-state index in [0.717, 1.165) is 12.8 Å². The van der Waals surface area contributed by atoms with Crippen LogP contribution in [0.3, 0.4) is 0 Å². The number of carbonyl (C=O) groups excluding carboxylic acids is 1. The zero-order valence-electron chi connectivity index (χ0n) is 8.20. The van der Waals surface area contributed by atoms with Gasteiger partial charge in [0.15, 0.2) is 5.78 Å². The van der Waals surface area contributed by atoms with Crippen LogP contribution in [0.15, 0.2) is 18.2 Å². The summed E-state index contributed by atoms with van der Waals surface area (Å²) < 4.78 is 18.6. The molecule has 1 fully saturated rings. The second-order valence-corrected chi connectivity index (χ2v) is 4.26. The third-order valence-electron chi connectivity index (χ3n) is 3.05. The molecule has 78 valence electrons. The Hall–Kier alpha value is -1.38. The lowest BCUT2D eigenvalue weighted by Gasteiger charge is -2.24. The zero-order chi connectivity index (χ0) is 10.4. The predicted octanol–water partition coefficient (Wildman–Crippen LogP) is 2.57. The molecule has 0 bridgehead atoms. The highest BCUT2D eigenvalue weighted by atomic mass is 19.1. The maximum absolute atomic E-state index is 12.9. The van der Waals surface area contributed by atoms with Crippen LogP contribution in [0.4, 0.5) is 4.39 Å². The summed E-state index contributed by atoms with van der Waals surface area (Å²) in [5, 5.41) is 0.